The predicted octanol–water partition coefficient (Wildman–Crippen LogP) is 4.94. The van der Waals surface area contributed by atoms with Crippen LogP contribution in [0.25, 0.3) is 16.8 Å². The largest absolute Gasteiger partial charge is 0.361 e. The van der Waals surface area contributed by atoms with Crippen LogP contribution in [0.2, 0.25) is 0 Å². The fourth-order valence-electron chi connectivity index (χ4n) is 5.39. The molecule has 4 aromatic rings. The second-order valence-electron chi connectivity index (χ2n) is 9.06. The number of aromatic nitrogens is 4. The van der Waals surface area contributed by atoms with E-state index in [9.17, 15) is 4.39 Å². The summed E-state index contributed by atoms with van der Waals surface area (Å²) in [6.07, 6.45) is 4.37. The second kappa shape index (κ2) is 7.55. The topological polar surface area (TPSA) is 58.4 Å². The van der Waals surface area contributed by atoms with Gasteiger partial charge in [-0.3, -0.25) is 0 Å². The van der Waals surface area contributed by atoms with E-state index in [0.29, 0.717) is 23.8 Å². The number of nitrogens with zero attached hydrogens (tertiary/aromatic N) is 5. The molecule has 32 heavy (non-hydrogen) atoms. The molecule has 1 saturated heterocycles. The van der Waals surface area contributed by atoms with E-state index in [1.54, 1.807) is 17.6 Å². The van der Waals surface area contributed by atoms with E-state index in [1.807, 2.05) is 35.8 Å². The molecular formula is C24H25FN6S. The average molecular weight is 449 g/mol. The molecule has 1 saturated carbocycles. The zero-order chi connectivity index (χ0) is 21.8. The third kappa shape index (κ3) is 3.33. The van der Waals surface area contributed by atoms with Gasteiger partial charge in [0, 0.05) is 30.9 Å². The summed E-state index contributed by atoms with van der Waals surface area (Å²) in [5, 5.41) is 9.67. The Kier molecular flexibility index (Phi) is 4.64. The molecule has 6 nitrogen and oxygen atoms in total. The summed E-state index contributed by atoms with van der Waals surface area (Å²) in [5.41, 5.74) is 4.71. The average Bonchev–Trinajstić information content (AvgIpc) is 3.44. The Bertz CT molecular complexity index is 1280. The second-order valence-corrected chi connectivity index (χ2v) is 9.85. The summed E-state index contributed by atoms with van der Waals surface area (Å²) in [6, 6.07) is 11.4. The van der Waals surface area contributed by atoms with Crippen LogP contribution in [0.1, 0.15) is 24.1 Å². The zero-order valence-corrected chi connectivity index (χ0v) is 18.9. The standard InChI is InChI=1S/C24H25FN6S/c1-14-10-18(25)7-8-19(14)20-4-3-9-31-23(20)27-24(28-31)26-22-16-5-6-17(22)13-30(12-16)21-11-15(2)29-32-21/h3-4,7-11,16-17,22H,5-6,12-13H2,1-2H3,(H,26,28). The van der Waals surface area contributed by atoms with Gasteiger partial charge in [0.1, 0.15) is 10.8 Å². The fourth-order valence-corrected chi connectivity index (χ4v) is 6.17. The van der Waals surface area contributed by atoms with Crippen molar-refractivity contribution in [1.82, 2.24) is 19.0 Å². The number of piperidine rings is 1. The SMILES string of the molecule is Cc1cc(N2CC3CCC(C2)C3Nc2nc3c(-c4ccc(F)cc4C)cccn3n2)sn1. The number of halogens is 1. The van der Waals surface area contributed by atoms with Gasteiger partial charge < -0.3 is 10.2 Å². The van der Waals surface area contributed by atoms with E-state index in [1.165, 1.54) is 23.9 Å². The Morgan fingerprint density at radius 1 is 1.06 bits per heavy atom. The van der Waals surface area contributed by atoms with Crippen molar-refractivity contribution in [2.24, 2.45) is 11.8 Å². The number of fused-ring (bicyclic) bond motifs is 3. The molecule has 2 fully saturated rings. The van der Waals surface area contributed by atoms with Crippen LogP contribution in [0, 0.1) is 31.5 Å². The smallest absolute Gasteiger partial charge is 0.243 e. The van der Waals surface area contributed by atoms with Gasteiger partial charge in [0.25, 0.3) is 0 Å². The maximum absolute atomic E-state index is 13.6. The maximum Gasteiger partial charge on any atom is 0.243 e. The highest BCUT2D eigenvalue weighted by molar-refractivity contribution is 7.10. The molecule has 8 heteroatoms. The van der Waals surface area contributed by atoms with Crippen LogP contribution in [-0.2, 0) is 0 Å². The highest BCUT2D eigenvalue weighted by atomic mass is 32.1. The van der Waals surface area contributed by atoms with Crippen molar-refractivity contribution in [2.75, 3.05) is 23.3 Å². The lowest BCUT2D eigenvalue weighted by Gasteiger charge is -2.38. The molecule has 3 aromatic heterocycles. The van der Waals surface area contributed by atoms with Gasteiger partial charge in [0.15, 0.2) is 5.65 Å². The number of pyridine rings is 1. The van der Waals surface area contributed by atoms with Gasteiger partial charge in [0.05, 0.1) is 5.69 Å². The van der Waals surface area contributed by atoms with Gasteiger partial charge in [-0.1, -0.05) is 6.07 Å². The minimum Gasteiger partial charge on any atom is -0.361 e. The Labute approximate surface area is 190 Å². The van der Waals surface area contributed by atoms with Gasteiger partial charge in [-0.25, -0.2) is 8.91 Å². The molecule has 1 aliphatic carbocycles. The Balaban J connectivity index is 1.27. The van der Waals surface area contributed by atoms with Gasteiger partial charge in [0.2, 0.25) is 5.95 Å². The summed E-state index contributed by atoms with van der Waals surface area (Å²) < 4.78 is 19.9. The van der Waals surface area contributed by atoms with Crippen molar-refractivity contribution < 1.29 is 4.39 Å². The molecule has 2 aliphatic rings. The van der Waals surface area contributed by atoms with Crippen LogP contribution in [0.4, 0.5) is 15.3 Å². The van der Waals surface area contributed by atoms with Crippen molar-refractivity contribution in [3.63, 3.8) is 0 Å². The number of anilines is 2. The van der Waals surface area contributed by atoms with E-state index >= 15 is 0 Å². The van der Waals surface area contributed by atoms with Gasteiger partial charge in [-0.05, 0) is 91.5 Å². The quantitative estimate of drug-likeness (QED) is 0.479. The first-order valence-corrected chi connectivity index (χ1v) is 11.9. The minimum atomic E-state index is -0.225. The van der Waals surface area contributed by atoms with Crippen molar-refractivity contribution in [2.45, 2.75) is 32.7 Å². The monoisotopic (exact) mass is 448 g/mol. The molecule has 0 amide bonds. The number of rotatable bonds is 4. The number of benzene rings is 1. The molecular weight excluding hydrogens is 423 g/mol. The van der Waals surface area contributed by atoms with Crippen LogP contribution < -0.4 is 10.2 Å². The lowest BCUT2D eigenvalue weighted by Crippen LogP contribution is -2.48. The van der Waals surface area contributed by atoms with Crippen molar-refractivity contribution in [3.8, 4) is 11.1 Å². The van der Waals surface area contributed by atoms with E-state index in [2.05, 4.69) is 27.6 Å². The third-order valence-electron chi connectivity index (χ3n) is 6.90. The number of hydrogen-bond donors (Lipinski definition) is 1. The van der Waals surface area contributed by atoms with E-state index in [4.69, 9.17) is 10.1 Å². The maximum atomic E-state index is 13.6. The Hall–Kier alpha value is -3.00. The predicted molar refractivity (Wildman–Crippen MR) is 126 cm³/mol. The van der Waals surface area contributed by atoms with Crippen LogP contribution in [0.5, 0.6) is 0 Å². The third-order valence-corrected chi connectivity index (χ3v) is 7.84. The summed E-state index contributed by atoms with van der Waals surface area (Å²) in [4.78, 5) is 7.35. The molecule has 1 aliphatic heterocycles. The zero-order valence-electron chi connectivity index (χ0n) is 18.1. The van der Waals surface area contributed by atoms with Crippen molar-refractivity contribution >= 4 is 28.1 Å². The Morgan fingerprint density at radius 2 is 1.88 bits per heavy atom. The Morgan fingerprint density at radius 3 is 2.59 bits per heavy atom. The molecule has 1 aromatic carbocycles. The van der Waals surface area contributed by atoms with E-state index < -0.39 is 0 Å². The molecule has 0 radical (unpaired) electrons. The molecule has 164 valence electrons. The minimum absolute atomic E-state index is 0.225. The number of nitrogens with one attached hydrogen (secondary N) is 1. The first kappa shape index (κ1) is 19.7. The normalized spacial score (nSPS) is 22.6. The van der Waals surface area contributed by atoms with E-state index in [-0.39, 0.29) is 5.82 Å². The van der Waals surface area contributed by atoms with Crippen LogP contribution in [-0.4, -0.2) is 38.1 Å². The molecule has 0 spiro atoms. The van der Waals surface area contributed by atoms with E-state index in [0.717, 1.165) is 41.1 Å². The van der Waals surface area contributed by atoms with Gasteiger partial charge >= 0.3 is 0 Å². The molecule has 6 rings (SSSR count). The van der Waals surface area contributed by atoms with Crippen LogP contribution >= 0.6 is 11.5 Å². The lowest BCUT2D eigenvalue weighted by atomic mass is 9.92. The fraction of sp³-hybridized carbons (Fsp3) is 0.375. The lowest BCUT2D eigenvalue weighted by molar-refractivity contribution is 0.377. The van der Waals surface area contributed by atoms with Crippen LogP contribution in [0.3, 0.4) is 0 Å². The van der Waals surface area contributed by atoms with Crippen molar-refractivity contribution in [1.29, 1.82) is 0 Å². The van der Waals surface area contributed by atoms with Crippen LogP contribution in [0.15, 0.2) is 42.6 Å². The number of hydrogen-bond acceptors (Lipinski definition) is 6. The molecule has 2 unspecified atom stereocenters. The molecule has 2 bridgehead atoms. The first-order chi connectivity index (χ1) is 15.5. The highest BCUT2D eigenvalue weighted by Gasteiger charge is 2.43. The highest BCUT2D eigenvalue weighted by Crippen LogP contribution is 2.41. The van der Waals surface area contributed by atoms with Crippen molar-refractivity contribution in [3.05, 3.63) is 59.7 Å². The summed E-state index contributed by atoms with van der Waals surface area (Å²) in [6.45, 7) is 6.07. The molecule has 2 atom stereocenters. The van der Waals surface area contributed by atoms with Gasteiger partial charge in [-0.2, -0.15) is 9.36 Å². The molecule has 4 heterocycles. The first-order valence-electron chi connectivity index (χ1n) is 11.1. The number of aryl methyl sites for hydroxylation is 2. The summed E-state index contributed by atoms with van der Waals surface area (Å²) >= 11 is 1.60. The molecule has 1 N–H and O–H groups in total. The van der Waals surface area contributed by atoms with Gasteiger partial charge in [-0.15, -0.1) is 5.10 Å². The summed E-state index contributed by atoms with van der Waals surface area (Å²) in [5.74, 6) is 1.58. The summed E-state index contributed by atoms with van der Waals surface area (Å²) in [7, 11) is 0.